The molecule has 1 amide bonds. The van der Waals surface area contributed by atoms with Gasteiger partial charge in [0.25, 0.3) is 5.69 Å². The maximum atomic E-state index is 12.0. The van der Waals surface area contributed by atoms with Crippen LogP contribution in [0.15, 0.2) is 41.5 Å². The highest BCUT2D eigenvalue weighted by Gasteiger charge is 2.15. The zero-order valence-electron chi connectivity index (χ0n) is 15.5. The molecule has 0 radical (unpaired) electrons. The second kappa shape index (κ2) is 10.3. The van der Waals surface area contributed by atoms with E-state index in [1.807, 2.05) is 13.8 Å². The summed E-state index contributed by atoms with van der Waals surface area (Å²) in [6.07, 6.45) is 1.24. The van der Waals surface area contributed by atoms with E-state index in [2.05, 4.69) is 10.5 Å². The van der Waals surface area contributed by atoms with Gasteiger partial charge >= 0.3 is 0 Å². The van der Waals surface area contributed by atoms with Crippen molar-refractivity contribution in [2.24, 2.45) is 5.10 Å². The monoisotopic (exact) mass is 405 g/mol. The average Bonchev–Trinajstić information content (AvgIpc) is 2.65. The molecule has 0 bridgehead atoms. The van der Waals surface area contributed by atoms with Gasteiger partial charge in [-0.25, -0.2) is 5.43 Å². The van der Waals surface area contributed by atoms with Gasteiger partial charge in [0.15, 0.2) is 11.5 Å². The smallest absolute Gasteiger partial charge is 0.273 e. The Morgan fingerprint density at radius 3 is 2.64 bits per heavy atom. The second-order valence-electron chi connectivity index (χ2n) is 5.55. The fraction of sp³-hybridized carbons (Fsp3) is 0.263. The molecule has 0 fully saturated rings. The number of halogens is 1. The molecule has 1 N–H and O–H groups in total. The minimum atomic E-state index is -0.525. The number of nitrogens with zero attached hydrogens (tertiary/aromatic N) is 2. The Balaban J connectivity index is 2.08. The number of hydrazone groups is 1. The van der Waals surface area contributed by atoms with E-state index in [0.29, 0.717) is 40.9 Å². The van der Waals surface area contributed by atoms with E-state index >= 15 is 0 Å². The third-order valence-electron chi connectivity index (χ3n) is 3.56. The van der Waals surface area contributed by atoms with Gasteiger partial charge in [-0.2, -0.15) is 5.10 Å². The van der Waals surface area contributed by atoms with Crippen molar-refractivity contribution < 1.29 is 19.2 Å². The van der Waals surface area contributed by atoms with Gasteiger partial charge in [-0.1, -0.05) is 29.8 Å². The molecule has 0 unspecified atom stereocenters. The van der Waals surface area contributed by atoms with E-state index in [0.717, 1.165) is 0 Å². The van der Waals surface area contributed by atoms with Crippen molar-refractivity contribution in [2.75, 3.05) is 13.2 Å². The second-order valence-corrected chi connectivity index (χ2v) is 5.96. The molecule has 0 saturated heterocycles. The highest BCUT2D eigenvalue weighted by atomic mass is 35.5. The highest BCUT2D eigenvalue weighted by molar-refractivity contribution is 6.32. The predicted molar refractivity (Wildman–Crippen MR) is 106 cm³/mol. The van der Waals surface area contributed by atoms with E-state index in [1.54, 1.807) is 24.3 Å². The number of para-hydroxylation sites is 1. The zero-order valence-corrected chi connectivity index (χ0v) is 16.2. The van der Waals surface area contributed by atoms with Gasteiger partial charge in [-0.15, -0.1) is 0 Å². The van der Waals surface area contributed by atoms with Crippen LogP contribution in [0.5, 0.6) is 11.5 Å². The summed E-state index contributed by atoms with van der Waals surface area (Å²) in [5.74, 6) is 0.445. The van der Waals surface area contributed by atoms with Gasteiger partial charge in [0.2, 0.25) is 5.91 Å². The quantitative estimate of drug-likeness (QED) is 0.389. The van der Waals surface area contributed by atoms with Crippen LogP contribution in [0.2, 0.25) is 5.02 Å². The van der Waals surface area contributed by atoms with E-state index < -0.39 is 10.8 Å². The first-order chi connectivity index (χ1) is 13.5. The number of ether oxygens (including phenoxy) is 2. The predicted octanol–water partition coefficient (Wildman–Crippen LogP) is 3.74. The molecule has 148 valence electrons. The molecule has 2 aromatic carbocycles. The van der Waals surface area contributed by atoms with Crippen LogP contribution in [0.1, 0.15) is 25.0 Å². The summed E-state index contributed by atoms with van der Waals surface area (Å²) >= 11 is 6.23. The van der Waals surface area contributed by atoms with Gasteiger partial charge in [0.05, 0.1) is 35.8 Å². The van der Waals surface area contributed by atoms with Gasteiger partial charge < -0.3 is 9.47 Å². The van der Waals surface area contributed by atoms with Crippen LogP contribution < -0.4 is 14.9 Å². The van der Waals surface area contributed by atoms with Crippen molar-refractivity contribution in [1.82, 2.24) is 5.43 Å². The van der Waals surface area contributed by atoms with Crippen LogP contribution >= 0.6 is 11.6 Å². The van der Waals surface area contributed by atoms with E-state index in [-0.39, 0.29) is 12.1 Å². The van der Waals surface area contributed by atoms with E-state index in [1.165, 1.54) is 18.3 Å². The molecule has 0 atom stereocenters. The normalized spacial score (nSPS) is 10.7. The maximum Gasteiger partial charge on any atom is 0.273 e. The molecular weight excluding hydrogens is 386 g/mol. The standard InChI is InChI=1S/C19H20ClN3O5/c1-3-27-17-10-13(9-15(20)19(17)28-4-2)12-21-22-18(24)11-14-7-5-6-8-16(14)23(25)26/h5-10,12H,3-4,11H2,1-2H3,(H,22,24)/b21-12+. The molecule has 0 saturated carbocycles. The minimum Gasteiger partial charge on any atom is -0.490 e. The Kier molecular flexibility index (Phi) is 7.76. The number of nitrogens with one attached hydrogen (secondary N) is 1. The lowest BCUT2D eigenvalue weighted by Crippen LogP contribution is -2.20. The summed E-state index contributed by atoms with van der Waals surface area (Å²) in [7, 11) is 0. The first-order valence-corrected chi connectivity index (χ1v) is 8.97. The van der Waals surface area contributed by atoms with Crippen molar-refractivity contribution in [3.05, 3.63) is 62.7 Å². The number of nitro groups is 1. The van der Waals surface area contributed by atoms with Crippen molar-refractivity contribution >= 4 is 29.4 Å². The molecular formula is C19H20ClN3O5. The van der Waals surface area contributed by atoms with Gasteiger partial charge in [0, 0.05) is 11.6 Å². The van der Waals surface area contributed by atoms with Crippen molar-refractivity contribution in [2.45, 2.75) is 20.3 Å². The Morgan fingerprint density at radius 2 is 1.96 bits per heavy atom. The number of rotatable bonds is 9. The van der Waals surface area contributed by atoms with E-state index in [9.17, 15) is 14.9 Å². The molecule has 2 rings (SSSR count). The van der Waals surface area contributed by atoms with Gasteiger partial charge in [-0.05, 0) is 31.5 Å². The van der Waals surface area contributed by atoms with Crippen LogP contribution in [-0.2, 0) is 11.2 Å². The lowest BCUT2D eigenvalue weighted by Gasteiger charge is -2.13. The molecule has 0 aliphatic rings. The molecule has 0 aliphatic carbocycles. The third kappa shape index (κ3) is 5.68. The van der Waals surface area contributed by atoms with E-state index in [4.69, 9.17) is 21.1 Å². The lowest BCUT2D eigenvalue weighted by molar-refractivity contribution is -0.385. The van der Waals surface area contributed by atoms with Crippen molar-refractivity contribution in [3.8, 4) is 11.5 Å². The molecule has 8 nitrogen and oxygen atoms in total. The first kappa shape index (κ1) is 21.2. The number of hydrogen-bond donors (Lipinski definition) is 1. The zero-order chi connectivity index (χ0) is 20.5. The summed E-state index contributed by atoms with van der Waals surface area (Å²) in [5.41, 5.74) is 3.15. The Labute approximate surface area is 167 Å². The fourth-order valence-electron chi connectivity index (χ4n) is 2.44. The summed E-state index contributed by atoms with van der Waals surface area (Å²) in [6, 6.07) is 9.38. The van der Waals surface area contributed by atoms with Crippen LogP contribution in [0.25, 0.3) is 0 Å². The maximum absolute atomic E-state index is 12.0. The summed E-state index contributed by atoms with van der Waals surface area (Å²) in [6.45, 7) is 4.56. The summed E-state index contributed by atoms with van der Waals surface area (Å²) in [4.78, 5) is 22.5. The van der Waals surface area contributed by atoms with Crippen LogP contribution in [0.4, 0.5) is 5.69 Å². The van der Waals surface area contributed by atoms with Crippen LogP contribution in [-0.4, -0.2) is 30.3 Å². The molecule has 0 heterocycles. The third-order valence-corrected chi connectivity index (χ3v) is 3.84. The van der Waals surface area contributed by atoms with Crippen LogP contribution in [0.3, 0.4) is 0 Å². The molecule has 0 aromatic heterocycles. The molecule has 28 heavy (non-hydrogen) atoms. The highest BCUT2D eigenvalue weighted by Crippen LogP contribution is 2.36. The van der Waals surface area contributed by atoms with Gasteiger partial charge in [-0.3, -0.25) is 14.9 Å². The molecule has 2 aromatic rings. The number of carbonyl (C=O) groups excluding carboxylic acids is 1. The first-order valence-electron chi connectivity index (χ1n) is 8.59. The van der Waals surface area contributed by atoms with Crippen molar-refractivity contribution in [1.29, 1.82) is 0 Å². The molecule has 9 heteroatoms. The number of hydrogen-bond acceptors (Lipinski definition) is 6. The average molecular weight is 406 g/mol. The molecule has 0 aliphatic heterocycles. The number of benzene rings is 2. The van der Waals surface area contributed by atoms with Crippen molar-refractivity contribution in [3.63, 3.8) is 0 Å². The largest absolute Gasteiger partial charge is 0.490 e. The molecule has 0 spiro atoms. The fourth-order valence-corrected chi connectivity index (χ4v) is 2.71. The number of carbonyl (C=O) groups is 1. The topological polar surface area (TPSA) is 103 Å². The number of nitro benzene ring substituents is 1. The Bertz CT molecular complexity index is 886. The Hall–Kier alpha value is -3.13. The lowest BCUT2D eigenvalue weighted by atomic mass is 10.1. The number of amides is 1. The Morgan fingerprint density at radius 1 is 1.25 bits per heavy atom. The van der Waals surface area contributed by atoms with Crippen LogP contribution in [0, 0.1) is 10.1 Å². The van der Waals surface area contributed by atoms with Gasteiger partial charge in [0.1, 0.15) is 0 Å². The summed E-state index contributed by atoms with van der Waals surface area (Å²) < 4.78 is 11.0. The summed E-state index contributed by atoms with van der Waals surface area (Å²) in [5, 5.41) is 15.2. The minimum absolute atomic E-state index is 0.110. The SMILES string of the molecule is CCOc1cc(/C=N/NC(=O)Cc2ccccc2[N+](=O)[O-])cc(Cl)c1OCC.